The molecule has 108 valence electrons. The summed E-state index contributed by atoms with van der Waals surface area (Å²) in [6.07, 6.45) is 5.71. The van der Waals surface area contributed by atoms with Crippen LogP contribution < -0.4 is 5.32 Å². The van der Waals surface area contributed by atoms with E-state index in [2.05, 4.69) is 10.3 Å². The van der Waals surface area contributed by atoms with Crippen LogP contribution in [0.5, 0.6) is 0 Å². The van der Waals surface area contributed by atoms with Gasteiger partial charge >= 0.3 is 0 Å². The third-order valence-corrected chi connectivity index (χ3v) is 5.49. The number of aromatic nitrogens is 2. The summed E-state index contributed by atoms with van der Waals surface area (Å²) in [4.78, 5) is 17.3. The van der Waals surface area contributed by atoms with Gasteiger partial charge < -0.3 is 10.4 Å². The number of nitrogens with zero attached hydrogens (tertiary/aromatic N) is 2. The second kappa shape index (κ2) is 6.15. The number of hydrogen-bond acceptors (Lipinski definition) is 5. The van der Waals surface area contributed by atoms with E-state index in [1.54, 1.807) is 6.20 Å². The van der Waals surface area contributed by atoms with Crippen molar-refractivity contribution in [1.82, 2.24) is 14.7 Å². The van der Waals surface area contributed by atoms with Crippen molar-refractivity contribution in [2.45, 2.75) is 18.9 Å². The lowest BCUT2D eigenvalue weighted by molar-refractivity contribution is 0.0880. The number of aliphatic hydroxyl groups excluding tert-OH is 1. The highest BCUT2D eigenvalue weighted by atomic mass is 32.2. The molecule has 1 amide bonds. The second-order valence-electron chi connectivity index (χ2n) is 4.93. The van der Waals surface area contributed by atoms with Gasteiger partial charge in [-0.15, -0.1) is 11.3 Å². The lowest BCUT2D eigenvalue weighted by Gasteiger charge is -2.29. The third-order valence-electron chi connectivity index (χ3n) is 3.67. The molecule has 2 N–H and O–H groups in total. The summed E-state index contributed by atoms with van der Waals surface area (Å²) < 4.78 is 1.84. The molecule has 3 heterocycles. The van der Waals surface area contributed by atoms with Crippen molar-refractivity contribution >= 4 is 34.0 Å². The van der Waals surface area contributed by atoms with Gasteiger partial charge in [-0.3, -0.25) is 9.20 Å². The van der Waals surface area contributed by atoms with Gasteiger partial charge in [0.05, 0.1) is 12.6 Å². The monoisotopic (exact) mass is 311 g/mol. The number of aliphatic hydroxyl groups is 1. The van der Waals surface area contributed by atoms with Crippen molar-refractivity contribution in [3.05, 3.63) is 23.5 Å². The first-order chi connectivity index (χ1) is 9.78. The number of carbonyl (C=O) groups is 1. The maximum atomic E-state index is 12.2. The fourth-order valence-corrected chi connectivity index (χ4v) is 4.35. The Hall–Kier alpha value is -1.05. The quantitative estimate of drug-likeness (QED) is 0.900. The van der Waals surface area contributed by atoms with Crippen LogP contribution in [0.1, 0.15) is 23.3 Å². The minimum absolute atomic E-state index is 0.0106. The van der Waals surface area contributed by atoms with Gasteiger partial charge in [0.1, 0.15) is 5.69 Å². The molecular formula is C13H17N3O2S2. The summed E-state index contributed by atoms with van der Waals surface area (Å²) in [6.45, 7) is -0.0106. The summed E-state index contributed by atoms with van der Waals surface area (Å²) in [5.74, 6) is 2.39. The smallest absolute Gasteiger partial charge is 0.271 e. The zero-order chi connectivity index (χ0) is 13.9. The normalized spacial score (nSPS) is 18.2. The fraction of sp³-hybridized carbons (Fsp3) is 0.538. The molecule has 1 atom stereocenters. The highest BCUT2D eigenvalue weighted by Gasteiger charge is 2.25. The van der Waals surface area contributed by atoms with Crippen LogP contribution in [0.25, 0.3) is 4.96 Å². The van der Waals surface area contributed by atoms with E-state index in [9.17, 15) is 9.90 Å². The molecule has 7 heteroatoms. The molecule has 0 bridgehead atoms. The predicted molar refractivity (Wildman–Crippen MR) is 81.5 cm³/mol. The molecule has 0 saturated carbocycles. The maximum absolute atomic E-state index is 12.2. The Bertz CT molecular complexity index is 561. The Labute approximate surface area is 125 Å². The molecule has 0 unspecified atom stereocenters. The van der Waals surface area contributed by atoms with Crippen LogP contribution in [-0.2, 0) is 0 Å². The summed E-state index contributed by atoms with van der Waals surface area (Å²) >= 11 is 3.44. The molecule has 3 rings (SSSR count). The summed E-state index contributed by atoms with van der Waals surface area (Å²) in [6, 6.07) is -0.164. The molecule has 0 aliphatic carbocycles. The van der Waals surface area contributed by atoms with Gasteiger partial charge in [-0.2, -0.15) is 11.8 Å². The number of rotatable bonds is 4. The minimum Gasteiger partial charge on any atom is -0.394 e. The Kier molecular flexibility index (Phi) is 4.28. The van der Waals surface area contributed by atoms with Crippen molar-refractivity contribution in [3.63, 3.8) is 0 Å². The number of thioether (sulfide) groups is 1. The summed E-state index contributed by atoms with van der Waals surface area (Å²) in [5, 5.41) is 14.4. The Morgan fingerprint density at radius 1 is 1.55 bits per heavy atom. The van der Waals surface area contributed by atoms with Gasteiger partial charge in [0.25, 0.3) is 5.91 Å². The molecule has 1 aliphatic rings. The van der Waals surface area contributed by atoms with Crippen molar-refractivity contribution in [3.8, 4) is 0 Å². The SMILES string of the molecule is O=C(N[C@@H](CO)C1CCSCC1)c1cn2ccsc2n1. The second-order valence-corrected chi connectivity index (χ2v) is 7.03. The number of fused-ring (bicyclic) bond motifs is 1. The van der Waals surface area contributed by atoms with Crippen molar-refractivity contribution < 1.29 is 9.90 Å². The Balaban J connectivity index is 1.68. The first kappa shape index (κ1) is 13.9. The lowest BCUT2D eigenvalue weighted by atomic mass is 9.94. The molecule has 1 fully saturated rings. The molecule has 20 heavy (non-hydrogen) atoms. The third kappa shape index (κ3) is 2.84. The summed E-state index contributed by atoms with van der Waals surface area (Å²) in [7, 11) is 0. The lowest BCUT2D eigenvalue weighted by Crippen LogP contribution is -2.44. The number of hydrogen-bond donors (Lipinski definition) is 2. The van der Waals surface area contributed by atoms with Crippen LogP contribution in [0.3, 0.4) is 0 Å². The van der Waals surface area contributed by atoms with Crippen LogP contribution in [-0.4, -0.2) is 44.6 Å². The van der Waals surface area contributed by atoms with Gasteiger partial charge in [-0.25, -0.2) is 4.98 Å². The highest BCUT2D eigenvalue weighted by molar-refractivity contribution is 7.99. The summed E-state index contributed by atoms with van der Waals surface area (Å²) in [5.41, 5.74) is 0.417. The van der Waals surface area contributed by atoms with Crippen LogP contribution in [0.15, 0.2) is 17.8 Å². The molecular weight excluding hydrogens is 294 g/mol. The Morgan fingerprint density at radius 3 is 3.05 bits per heavy atom. The number of nitrogens with one attached hydrogen (secondary N) is 1. The molecule has 1 aliphatic heterocycles. The van der Waals surface area contributed by atoms with E-state index in [0.717, 1.165) is 29.3 Å². The van der Waals surface area contributed by atoms with E-state index in [1.807, 2.05) is 27.7 Å². The molecule has 2 aromatic rings. The number of thiazole rings is 1. The van der Waals surface area contributed by atoms with Crippen molar-refractivity contribution in [2.75, 3.05) is 18.1 Å². The topological polar surface area (TPSA) is 66.6 Å². The Morgan fingerprint density at radius 2 is 2.35 bits per heavy atom. The van der Waals surface area contributed by atoms with Gasteiger partial charge in [0.2, 0.25) is 0 Å². The van der Waals surface area contributed by atoms with Crippen molar-refractivity contribution in [1.29, 1.82) is 0 Å². The van der Waals surface area contributed by atoms with E-state index in [1.165, 1.54) is 11.3 Å². The maximum Gasteiger partial charge on any atom is 0.271 e. The number of amides is 1. The minimum atomic E-state index is -0.196. The van der Waals surface area contributed by atoms with Crippen LogP contribution in [0.2, 0.25) is 0 Å². The van der Waals surface area contributed by atoms with Gasteiger partial charge in [-0.05, 0) is 30.3 Å². The molecule has 0 aromatic carbocycles. The standard InChI is InChI=1S/C13H17N3O2S2/c17-8-11(9-1-4-19-5-2-9)14-12(18)10-7-16-3-6-20-13(16)15-10/h3,6-7,9,11,17H,1-2,4-5,8H2,(H,14,18)/t11-/m0/s1. The zero-order valence-electron chi connectivity index (χ0n) is 11.0. The van der Waals surface area contributed by atoms with E-state index >= 15 is 0 Å². The average molecular weight is 311 g/mol. The van der Waals surface area contributed by atoms with Crippen LogP contribution in [0.4, 0.5) is 0 Å². The molecule has 0 spiro atoms. The van der Waals surface area contributed by atoms with E-state index in [4.69, 9.17) is 0 Å². The number of imidazole rings is 1. The van der Waals surface area contributed by atoms with Crippen LogP contribution >= 0.6 is 23.1 Å². The largest absolute Gasteiger partial charge is 0.394 e. The van der Waals surface area contributed by atoms with Gasteiger partial charge in [0, 0.05) is 17.8 Å². The fourth-order valence-electron chi connectivity index (χ4n) is 2.51. The molecule has 5 nitrogen and oxygen atoms in total. The van der Waals surface area contributed by atoms with E-state index < -0.39 is 0 Å². The predicted octanol–water partition coefficient (Wildman–Crippen LogP) is 1.63. The van der Waals surface area contributed by atoms with E-state index in [0.29, 0.717) is 11.6 Å². The zero-order valence-corrected chi connectivity index (χ0v) is 12.6. The highest BCUT2D eigenvalue weighted by Crippen LogP contribution is 2.25. The van der Waals surface area contributed by atoms with Crippen LogP contribution in [0, 0.1) is 5.92 Å². The molecule has 0 radical (unpaired) electrons. The molecule has 1 saturated heterocycles. The van der Waals surface area contributed by atoms with E-state index in [-0.39, 0.29) is 18.6 Å². The average Bonchev–Trinajstić information content (AvgIpc) is 3.06. The number of carbonyl (C=O) groups excluding carboxylic acids is 1. The van der Waals surface area contributed by atoms with Gasteiger partial charge in [-0.1, -0.05) is 0 Å². The first-order valence-electron chi connectivity index (χ1n) is 6.69. The van der Waals surface area contributed by atoms with Gasteiger partial charge in [0.15, 0.2) is 4.96 Å². The first-order valence-corrected chi connectivity index (χ1v) is 8.73. The molecule has 2 aromatic heterocycles. The van der Waals surface area contributed by atoms with Crippen molar-refractivity contribution in [2.24, 2.45) is 5.92 Å².